The van der Waals surface area contributed by atoms with E-state index in [4.69, 9.17) is 17.0 Å². The molecular formula is C22H23N5O2S. The number of carbonyl (C=O) groups is 1. The molecule has 0 radical (unpaired) electrons. The van der Waals surface area contributed by atoms with Crippen LogP contribution in [0.25, 0.3) is 0 Å². The Kier molecular flexibility index (Phi) is 5.78. The molecule has 1 aliphatic heterocycles. The van der Waals surface area contributed by atoms with Gasteiger partial charge < -0.3 is 24.8 Å². The zero-order valence-corrected chi connectivity index (χ0v) is 17.6. The Morgan fingerprint density at radius 2 is 2.00 bits per heavy atom. The molecule has 7 nitrogen and oxygen atoms in total. The minimum atomic E-state index is -0.194. The number of nitrogens with zero attached hydrogens (tertiary/aromatic N) is 3. The molecule has 1 saturated heterocycles. The molecule has 1 amide bonds. The van der Waals surface area contributed by atoms with Crippen LogP contribution in [0, 0.1) is 0 Å². The molecule has 2 atom stereocenters. The van der Waals surface area contributed by atoms with E-state index in [-0.39, 0.29) is 24.6 Å². The number of carbonyl (C=O) groups excluding carboxylic acids is 1. The first-order chi connectivity index (χ1) is 14.6. The number of benzene rings is 1. The van der Waals surface area contributed by atoms with E-state index in [0.717, 1.165) is 17.1 Å². The number of aryl methyl sites for hydroxylation is 1. The van der Waals surface area contributed by atoms with Crippen molar-refractivity contribution in [3.63, 3.8) is 0 Å². The summed E-state index contributed by atoms with van der Waals surface area (Å²) < 4.78 is 6.96. The fraction of sp³-hybridized carbons (Fsp3) is 0.227. The van der Waals surface area contributed by atoms with Gasteiger partial charge in [0.1, 0.15) is 12.6 Å². The van der Waals surface area contributed by atoms with Gasteiger partial charge in [-0.15, -0.1) is 0 Å². The lowest BCUT2D eigenvalue weighted by atomic mass is 10.0. The van der Waals surface area contributed by atoms with E-state index >= 15 is 0 Å². The van der Waals surface area contributed by atoms with E-state index in [1.54, 1.807) is 6.20 Å². The van der Waals surface area contributed by atoms with E-state index < -0.39 is 0 Å². The van der Waals surface area contributed by atoms with E-state index in [0.29, 0.717) is 10.8 Å². The third-order valence-corrected chi connectivity index (χ3v) is 5.40. The minimum absolute atomic E-state index is 0.0171. The number of nitrogens with one attached hydrogen (secondary N) is 2. The molecule has 0 spiro atoms. The quantitative estimate of drug-likeness (QED) is 0.596. The number of amides is 1. The predicted octanol–water partition coefficient (Wildman–Crippen LogP) is 3.18. The van der Waals surface area contributed by atoms with E-state index in [1.807, 2.05) is 61.8 Å². The zero-order chi connectivity index (χ0) is 21.1. The Morgan fingerprint density at radius 1 is 1.20 bits per heavy atom. The SMILES string of the molecule is COCC(=O)Nc1ccc(N2C(=S)N[C@@H](c3ccccn3)[C@H]2c2cccn2C)cc1. The van der Waals surface area contributed by atoms with Crippen molar-refractivity contribution in [3.05, 3.63) is 78.4 Å². The van der Waals surface area contributed by atoms with Crippen molar-refractivity contribution in [3.8, 4) is 0 Å². The summed E-state index contributed by atoms with van der Waals surface area (Å²) >= 11 is 5.72. The van der Waals surface area contributed by atoms with Gasteiger partial charge in [0.2, 0.25) is 5.91 Å². The minimum Gasteiger partial charge on any atom is -0.375 e. The summed E-state index contributed by atoms with van der Waals surface area (Å²) in [7, 11) is 3.52. The smallest absolute Gasteiger partial charge is 0.250 e. The van der Waals surface area contributed by atoms with Crippen LogP contribution in [-0.4, -0.2) is 34.3 Å². The Bertz CT molecular complexity index is 1040. The van der Waals surface area contributed by atoms with Gasteiger partial charge in [-0.3, -0.25) is 9.78 Å². The first kappa shape index (κ1) is 20.1. The highest BCUT2D eigenvalue weighted by atomic mass is 32.1. The summed E-state index contributed by atoms with van der Waals surface area (Å²) in [5.74, 6) is -0.194. The Hall–Kier alpha value is -3.23. The second-order valence-corrected chi connectivity index (χ2v) is 7.46. The lowest BCUT2D eigenvalue weighted by Gasteiger charge is -2.28. The van der Waals surface area contributed by atoms with Crippen LogP contribution in [0.1, 0.15) is 23.5 Å². The predicted molar refractivity (Wildman–Crippen MR) is 120 cm³/mol. The summed E-state index contributed by atoms with van der Waals surface area (Å²) in [5.41, 5.74) is 3.69. The van der Waals surface area contributed by atoms with Crippen LogP contribution in [0.15, 0.2) is 67.0 Å². The average molecular weight is 422 g/mol. The van der Waals surface area contributed by atoms with Gasteiger partial charge >= 0.3 is 0 Å². The molecule has 0 aliphatic carbocycles. The maximum atomic E-state index is 11.8. The molecule has 1 aliphatic rings. The molecule has 4 rings (SSSR count). The fourth-order valence-electron chi connectivity index (χ4n) is 3.75. The van der Waals surface area contributed by atoms with Crippen molar-refractivity contribution in [2.45, 2.75) is 12.1 Å². The third kappa shape index (κ3) is 3.92. The Labute approximate surface area is 180 Å². The number of thiocarbonyl (C=S) groups is 1. The van der Waals surface area contributed by atoms with Crippen molar-refractivity contribution in [2.24, 2.45) is 7.05 Å². The standard InChI is InChI=1S/C22H23N5O2S/c1-26-13-5-7-18(26)21-20(17-6-3-4-12-23-17)25-22(30)27(21)16-10-8-15(9-11-16)24-19(28)14-29-2/h3-13,20-21H,14H2,1-2H3,(H,24,28)(H,25,30)/t20-,21+/m0/s1. The highest BCUT2D eigenvalue weighted by molar-refractivity contribution is 7.80. The van der Waals surface area contributed by atoms with Crippen molar-refractivity contribution in [2.75, 3.05) is 23.9 Å². The number of anilines is 2. The maximum absolute atomic E-state index is 11.8. The summed E-state index contributed by atoms with van der Waals surface area (Å²) in [4.78, 5) is 18.4. The normalized spacial score (nSPS) is 18.3. The second-order valence-electron chi connectivity index (χ2n) is 7.07. The molecule has 0 saturated carbocycles. The van der Waals surface area contributed by atoms with Crippen molar-refractivity contribution in [1.29, 1.82) is 0 Å². The fourth-order valence-corrected chi connectivity index (χ4v) is 4.09. The van der Waals surface area contributed by atoms with Crippen LogP contribution in [0.3, 0.4) is 0 Å². The summed E-state index contributed by atoms with van der Waals surface area (Å²) in [6, 6.07) is 17.5. The first-order valence-corrected chi connectivity index (χ1v) is 10.00. The summed E-state index contributed by atoms with van der Waals surface area (Å²) in [6.07, 6.45) is 3.82. The number of methoxy groups -OCH3 is 1. The van der Waals surface area contributed by atoms with Gasteiger partial charge in [-0.2, -0.15) is 0 Å². The van der Waals surface area contributed by atoms with Crippen LogP contribution in [0.5, 0.6) is 0 Å². The molecule has 3 heterocycles. The third-order valence-electron chi connectivity index (χ3n) is 5.09. The molecule has 8 heteroatoms. The summed E-state index contributed by atoms with van der Waals surface area (Å²) in [6.45, 7) is 0.0171. The van der Waals surface area contributed by atoms with Gasteiger partial charge in [-0.05, 0) is 60.7 Å². The maximum Gasteiger partial charge on any atom is 0.250 e. The van der Waals surface area contributed by atoms with Crippen LogP contribution in [0.2, 0.25) is 0 Å². The van der Waals surface area contributed by atoms with Gasteiger partial charge in [0.25, 0.3) is 0 Å². The Balaban J connectivity index is 1.68. The number of hydrogen-bond acceptors (Lipinski definition) is 4. The van der Waals surface area contributed by atoms with Gasteiger partial charge in [-0.25, -0.2) is 0 Å². The lowest BCUT2D eigenvalue weighted by molar-refractivity contribution is -0.119. The van der Waals surface area contributed by atoms with Gasteiger partial charge in [0, 0.05) is 43.6 Å². The van der Waals surface area contributed by atoms with Crippen molar-refractivity contribution >= 4 is 34.6 Å². The van der Waals surface area contributed by atoms with Crippen LogP contribution in [-0.2, 0) is 16.6 Å². The van der Waals surface area contributed by atoms with Gasteiger partial charge in [0.15, 0.2) is 5.11 Å². The molecule has 2 aromatic heterocycles. The number of ether oxygens (including phenoxy) is 1. The molecule has 0 unspecified atom stereocenters. The van der Waals surface area contributed by atoms with E-state index in [9.17, 15) is 4.79 Å². The van der Waals surface area contributed by atoms with Crippen LogP contribution >= 0.6 is 12.2 Å². The Morgan fingerprint density at radius 3 is 2.63 bits per heavy atom. The largest absolute Gasteiger partial charge is 0.375 e. The van der Waals surface area contributed by atoms with Crippen molar-refractivity contribution < 1.29 is 9.53 Å². The topological polar surface area (TPSA) is 71.4 Å². The second kappa shape index (κ2) is 8.64. The first-order valence-electron chi connectivity index (χ1n) is 9.59. The molecule has 3 aromatic rings. The van der Waals surface area contributed by atoms with Gasteiger partial charge in [-0.1, -0.05) is 6.07 Å². The summed E-state index contributed by atoms with van der Waals surface area (Å²) in [5, 5.41) is 6.88. The van der Waals surface area contributed by atoms with E-state index in [2.05, 4.69) is 31.2 Å². The zero-order valence-electron chi connectivity index (χ0n) is 16.8. The van der Waals surface area contributed by atoms with E-state index in [1.165, 1.54) is 7.11 Å². The highest BCUT2D eigenvalue weighted by Gasteiger charge is 2.41. The lowest BCUT2D eigenvalue weighted by Crippen LogP contribution is -2.30. The molecule has 30 heavy (non-hydrogen) atoms. The monoisotopic (exact) mass is 421 g/mol. The van der Waals surface area contributed by atoms with Crippen molar-refractivity contribution in [1.82, 2.24) is 14.9 Å². The van der Waals surface area contributed by atoms with Gasteiger partial charge in [0.05, 0.1) is 11.7 Å². The number of aromatic nitrogens is 2. The average Bonchev–Trinajstić information content (AvgIpc) is 3.32. The molecule has 0 bridgehead atoms. The molecule has 2 N–H and O–H groups in total. The number of hydrogen-bond donors (Lipinski definition) is 2. The number of pyridine rings is 1. The number of rotatable bonds is 6. The van der Waals surface area contributed by atoms with Crippen LogP contribution in [0.4, 0.5) is 11.4 Å². The molecule has 154 valence electrons. The molecule has 1 aromatic carbocycles. The molecular weight excluding hydrogens is 398 g/mol. The molecule has 1 fully saturated rings. The highest BCUT2D eigenvalue weighted by Crippen LogP contribution is 2.41. The van der Waals surface area contributed by atoms with Crippen LogP contribution < -0.4 is 15.5 Å².